The van der Waals surface area contributed by atoms with Gasteiger partial charge in [0, 0.05) is 9.89 Å². The highest BCUT2D eigenvalue weighted by atomic mass is 79.9. The minimum Gasteiger partial charge on any atom is -0.469 e. The van der Waals surface area contributed by atoms with E-state index in [9.17, 15) is 4.79 Å². The van der Waals surface area contributed by atoms with Crippen LogP contribution in [0.15, 0.2) is 28.7 Å². The molecule has 0 amide bonds. The van der Waals surface area contributed by atoms with Crippen LogP contribution >= 0.6 is 15.9 Å². The van der Waals surface area contributed by atoms with Gasteiger partial charge in [0.15, 0.2) is 0 Å². The summed E-state index contributed by atoms with van der Waals surface area (Å²) in [6, 6.07) is 8.56. The molecule has 1 saturated carbocycles. The molecule has 2 bridgehead atoms. The fourth-order valence-electron chi connectivity index (χ4n) is 3.50. The predicted molar refractivity (Wildman–Crippen MR) is 79.6 cm³/mol. The van der Waals surface area contributed by atoms with E-state index in [1.54, 1.807) is 0 Å². The summed E-state index contributed by atoms with van der Waals surface area (Å²) in [6.45, 7) is 0.714. The first-order valence-electron chi connectivity index (χ1n) is 7.04. The first-order chi connectivity index (χ1) is 9.57. The number of hydrogen-bond donors (Lipinski definition) is 0. The van der Waals surface area contributed by atoms with Crippen LogP contribution in [0.5, 0.6) is 0 Å². The van der Waals surface area contributed by atoms with E-state index in [2.05, 4.69) is 40.2 Å². The molecule has 0 N–H and O–H groups in total. The van der Waals surface area contributed by atoms with Gasteiger partial charge in [-0.25, -0.2) is 0 Å². The minimum absolute atomic E-state index is 0.137. The maximum Gasteiger partial charge on any atom is 0.308 e. The predicted octanol–water partition coefficient (Wildman–Crippen LogP) is 3.59. The van der Waals surface area contributed by atoms with Crippen molar-refractivity contribution < 1.29 is 14.3 Å². The number of rotatable bonds is 3. The smallest absolute Gasteiger partial charge is 0.308 e. The zero-order valence-corrected chi connectivity index (χ0v) is 13.2. The lowest BCUT2D eigenvalue weighted by Gasteiger charge is -2.53. The lowest BCUT2D eigenvalue weighted by Crippen LogP contribution is -2.54. The Balaban J connectivity index is 1.76. The van der Waals surface area contributed by atoms with E-state index in [-0.39, 0.29) is 17.0 Å². The Kier molecular flexibility index (Phi) is 3.63. The summed E-state index contributed by atoms with van der Waals surface area (Å²) in [5, 5.41) is 0. The minimum atomic E-state index is -0.274. The van der Waals surface area contributed by atoms with Crippen molar-refractivity contribution >= 4 is 21.9 Å². The molecule has 1 aromatic rings. The van der Waals surface area contributed by atoms with Crippen LogP contribution in [0.4, 0.5) is 0 Å². The number of hydrogen-bond acceptors (Lipinski definition) is 3. The second-order valence-corrected chi connectivity index (χ2v) is 6.93. The maximum atomic E-state index is 11.5. The third kappa shape index (κ3) is 2.40. The molecule has 0 radical (unpaired) electrons. The van der Waals surface area contributed by atoms with Gasteiger partial charge in [0.25, 0.3) is 0 Å². The van der Waals surface area contributed by atoms with Gasteiger partial charge in [0.1, 0.15) is 0 Å². The van der Waals surface area contributed by atoms with Crippen molar-refractivity contribution in [3.8, 4) is 0 Å². The molecule has 0 aromatic heterocycles. The lowest BCUT2D eigenvalue weighted by atomic mass is 9.62. The molecule has 3 nitrogen and oxygen atoms in total. The van der Waals surface area contributed by atoms with Gasteiger partial charge >= 0.3 is 5.97 Å². The molecular weight excluding hydrogens is 320 g/mol. The Labute approximate surface area is 127 Å². The zero-order chi connectivity index (χ0) is 14.2. The molecule has 1 aromatic carbocycles. The maximum absolute atomic E-state index is 11.5. The molecule has 0 atom stereocenters. The number of carbonyl (C=O) groups excluding carboxylic acids is 1. The van der Waals surface area contributed by atoms with Crippen molar-refractivity contribution in [2.75, 3.05) is 13.7 Å². The SMILES string of the molecule is COC(=O)CC12CCC(c3ccc(Br)cc3)(CC1)CO2. The van der Waals surface area contributed by atoms with Crippen LogP contribution in [0.1, 0.15) is 37.7 Å². The number of esters is 1. The van der Waals surface area contributed by atoms with Crippen LogP contribution in [0.25, 0.3) is 0 Å². The average molecular weight is 339 g/mol. The Hall–Kier alpha value is -0.870. The Morgan fingerprint density at radius 1 is 1.25 bits per heavy atom. The molecule has 3 aliphatic rings. The fourth-order valence-corrected chi connectivity index (χ4v) is 3.77. The first-order valence-corrected chi connectivity index (χ1v) is 7.84. The third-order valence-electron chi connectivity index (χ3n) is 4.92. The Morgan fingerprint density at radius 2 is 1.90 bits per heavy atom. The summed E-state index contributed by atoms with van der Waals surface area (Å²) in [5.41, 5.74) is 1.22. The van der Waals surface area contributed by atoms with Crippen molar-refractivity contribution in [2.24, 2.45) is 0 Å². The molecule has 2 aliphatic heterocycles. The monoisotopic (exact) mass is 338 g/mol. The van der Waals surface area contributed by atoms with Gasteiger partial charge in [-0.1, -0.05) is 28.1 Å². The molecule has 4 rings (SSSR count). The quantitative estimate of drug-likeness (QED) is 0.790. The number of carbonyl (C=O) groups is 1. The Morgan fingerprint density at radius 3 is 2.40 bits per heavy atom. The van der Waals surface area contributed by atoms with E-state index in [1.807, 2.05) is 0 Å². The molecule has 0 spiro atoms. The van der Waals surface area contributed by atoms with Crippen LogP contribution in [0, 0.1) is 0 Å². The lowest BCUT2D eigenvalue weighted by molar-refractivity contribution is -0.176. The van der Waals surface area contributed by atoms with Crippen LogP contribution in [-0.4, -0.2) is 25.3 Å². The average Bonchev–Trinajstić information content (AvgIpc) is 2.49. The van der Waals surface area contributed by atoms with Crippen molar-refractivity contribution in [3.63, 3.8) is 0 Å². The molecule has 2 saturated heterocycles. The highest BCUT2D eigenvalue weighted by molar-refractivity contribution is 9.10. The van der Waals surface area contributed by atoms with Crippen LogP contribution in [0.3, 0.4) is 0 Å². The standard InChI is InChI=1S/C16H19BrO3/c1-19-14(18)10-16-8-6-15(7-9-16,11-20-16)12-2-4-13(17)5-3-12/h2-5H,6-11H2,1H3. The van der Waals surface area contributed by atoms with Gasteiger partial charge < -0.3 is 9.47 Å². The molecule has 4 heteroatoms. The molecule has 0 unspecified atom stereocenters. The number of ether oxygens (including phenoxy) is 2. The van der Waals surface area contributed by atoms with Crippen LogP contribution < -0.4 is 0 Å². The number of methoxy groups -OCH3 is 1. The van der Waals surface area contributed by atoms with Crippen molar-refractivity contribution in [2.45, 2.75) is 43.1 Å². The summed E-state index contributed by atoms with van der Waals surface area (Å²) in [6.07, 6.45) is 4.45. The Bertz CT molecular complexity index is 484. The second kappa shape index (κ2) is 5.15. The van der Waals surface area contributed by atoms with Crippen molar-refractivity contribution in [3.05, 3.63) is 34.3 Å². The van der Waals surface area contributed by atoms with Gasteiger partial charge in [-0.2, -0.15) is 0 Å². The molecule has 3 fully saturated rings. The highest BCUT2D eigenvalue weighted by Crippen LogP contribution is 2.51. The van der Waals surface area contributed by atoms with Crippen molar-refractivity contribution in [1.29, 1.82) is 0 Å². The summed E-state index contributed by atoms with van der Waals surface area (Å²) in [4.78, 5) is 11.5. The molecule has 20 heavy (non-hydrogen) atoms. The topological polar surface area (TPSA) is 35.5 Å². The van der Waals surface area contributed by atoms with Gasteiger partial charge in [-0.05, 0) is 43.4 Å². The first kappa shape index (κ1) is 14.1. The second-order valence-electron chi connectivity index (χ2n) is 6.01. The van der Waals surface area contributed by atoms with Crippen LogP contribution in [0.2, 0.25) is 0 Å². The van der Waals surface area contributed by atoms with E-state index < -0.39 is 0 Å². The third-order valence-corrected chi connectivity index (χ3v) is 5.45. The van der Waals surface area contributed by atoms with E-state index in [4.69, 9.17) is 9.47 Å². The number of benzene rings is 1. The zero-order valence-electron chi connectivity index (χ0n) is 11.7. The van der Waals surface area contributed by atoms with E-state index >= 15 is 0 Å². The summed E-state index contributed by atoms with van der Waals surface area (Å²) in [7, 11) is 1.44. The summed E-state index contributed by atoms with van der Waals surface area (Å²) in [5.74, 6) is -0.164. The van der Waals surface area contributed by atoms with E-state index in [1.165, 1.54) is 12.7 Å². The molecule has 2 heterocycles. The molecule has 1 aliphatic carbocycles. The van der Waals surface area contributed by atoms with Gasteiger partial charge in [-0.3, -0.25) is 4.79 Å². The fraction of sp³-hybridized carbons (Fsp3) is 0.562. The van der Waals surface area contributed by atoms with Gasteiger partial charge in [0.2, 0.25) is 0 Å². The van der Waals surface area contributed by atoms with E-state index in [0.29, 0.717) is 13.0 Å². The largest absolute Gasteiger partial charge is 0.469 e. The molecule has 108 valence electrons. The van der Waals surface area contributed by atoms with Crippen LogP contribution in [-0.2, 0) is 19.7 Å². The van der Waals surface area contributed by atoms with Gasteiger partial charge in [-0.15, -0.1) is 0 Å². The normalized spacial score (nSPS) is 32.1. The molecular formula is C16H19BrO3. The summed E-state index contributed by atoms with van der Waals surface area (Å²) >= 11 is 3.48. The summed E-state index contributed by atoms with van der Waals surface area (Å²) < 4.78 is 12.0. The number of halogens is 1. The van der Waals surface area contributed by atoms with Gasteiger partial charge in [0.05, 0.1) is 25.7 Å². The highest BCUT2D eigenvalue weighted by Gasteiger charge is 2.51. The number of fused-ring (bicyclic) bond motifs is 3. The van der Waals surface area contributed by atoms with Crippen molar-refractivity contribution in [1.82, 2.24) is 0 Å². The van der Waals surface area contributed by atoms with E-state index in [0.717, 1.165) is 30.2 Å².